The molecule has 0 saturated carbocycles. The molecule has 1 atom stereocenters. The number of hydrogen-bond acceptors (Lipinski definition) is 6. The third-order valence-corrected chi connectivity index (χ3v) is 5.53. The highest BCUT2D eigenvalue weighted by molar-refractivity contribution is 6.18. The van der Waals surface area contributed by atoms with E-state index in [9.17, 15) is 19.8 Å². The molecular weight excluding hydrogens is 420 g/mol. The molecule has 0 aromatic heterocycles. The zero-order valence-corrected chi connectivity index (χ0v) is 18.4. The minimum absolute atomic E-state index is 0.108. The van der Waals surface area contributed by atoms with Crippen LogP contribution in [0.15, 0.2) is 76.0 Å². The van der Waals surface area contributed by atoms with E-state index in [2.05, 4.69) is 15.3 Å². The molecule has 8 heteroatoms. The molecule has 3 aromatic carbocycles. The molecule has 4 rings (SSSR count). The number of carboxylic acid groups (broad SMARTS) is 1. The fourth-order valence-corrected chi connectivity index (χ4v) is 3.47. The smallest absolute Gasteiger partial charge is 0.335 e. The van der Waals surface area contributed by atoms with E-state index in [0.29, 0.717) is 22.5 Å². The second-order valence-electron chi connectivity index (χ2n) is 7.87. The quantitative estimate of drug-likeness (QED) is 0.525. The molecule has 33 heavy (non-hydrogen) atoms. The second kappa shape index (κ2) is 8.66. The number of carboxylic acids is 1. The number of hydrazone groups is 1. The molecule has 1 unspecified atom stereocenters. The third kappa shape index (κ3) is 4.36. The monoisotopic (exact) mass is 442 g/mol. The molecule has 1 aliphatic rings. The number of rotatable bonds is 5. The number of anilines is 1. The van der Waals surface area contributed by atoms with Crippen LogP contribution < -0.4 is 5.01 Å². The lowest BCUT2D eigenvalue weighted by Crippen LogP contribution is -2.29. The third-order valence-electron chi connectivity index (χ3n) is 5.53. The number of amides is 1. The molecule has 166 valence electrons. The van der Waals surface area contributed by atoms with Gasteiger partial charge in [0.05, 0.1) is 17.0 Å². The SMILES string of the molecule is CC1=NN(c2ccc(C)c(C)c2)C(=O)C1N=Nc1cc(-c2cccc(C(=O)O)c2)ccc1O. The number of aromatic hydroxyl groups is 1. The summed E-state index contributed by atoms with van der Waals surface area (Å²) in [5, 5.41) is 33.4. The van der Waals surface area contributed by atoms with Gasteiger partial charge in [0, 0.05) is 0 Å². The standard InChI is InChI=1S/C25H22N4O4/c1-14-7-9-20(11-15(14)2)29-24(31)23(16(3)28-29)27-26-21-13-18(8-10-22(21)30)17-5-4-6-19(12-17)25(32)33/h4-13,23,30H,1-3H3,(H,32,33). The first kappa shape index (κ1) is 21.9. The van der Waals surface area contributed by atoms with Crippen LogP contribution in [0, 0.1) is 13.8 Å². The number of carbonyl (C=O) groups excluding carboxylic acids is 1. The fraction of sp³-hybridized carbons (Fsp3) is 0.160. The Morgan fingerprint density at radius 2 is 1.73 bits per heavy atom. The Balaban J connectivity index is 1.60. The molecule has 1 amide bonds. The topological polar surface area (TPSA) is 115 Å². The van der Waals surface area contributed by atoms with E-state index < -0.39 is 12.0 Å². The van der Waals surface area contributed by atoms with Crippen molar-refractivity contribution in [1.29, 1.82) is 0 Å². The van der Waals surface area contributed by atoms with E-state index in [-0.39, 0.29) is 22.9 Å². The first-order valence-electron chi connectivity index (χ1n) is 10.3. The van der Waals surface area contributed by atoms with E-state index in [1.54, 1.807) is 31.2 Å². The van der Waals surface area contributed by atoms with Crippen molar-refractivity contribution >= 4 is 29.0 Å². The van der Waals surface area contributed by atoms with Crippen molar-refractivity contribution in [2.75, 3.05) is 5.01 Å². The van der Waals surface area contributed by atoms with Gasteiger partial charge in [0.1, 0.15) is 11.4 Å². The summed E-state index contributed by atoms with van der Waals surface area (Å²) in [6, 6.07) is 15.9. The molecule has 8 nitrogen and oxygen atoms in total. The molecule has 0 aliphatic carbocycles. The second-order valence-corrected chi connectivity index (χ2v) is 7.87. The van der Waals surface area contributed by atoms with E-state index in [1.165, 1.54) is 23.2 Å². The predicted octanol–water partition coefficient (Wildman–Crippen LogP) is 5.25. The van der Waals surface area contributed by atoms with Crippen molar-refractivity contribution in [3.8, 4) is 16.9 Å². The maximum absolute atomic E-state index is 12.9. The summed E-state index contributed by atoms with van der Waals surface area (Å²) in [6.45, 7) is 5.67. The molecule has 3 aromatic rings. The average molecular weight is 442 g/mol. The Kier molecular flexibility index (Phi) is 5.74. The van der Waals surface area contributed by atoms with Gasteiger partial charge in [-0.3, -0.25) is 4.79 Å². The van der Waals surface area contributed by atoms with Crippen LogP contribution in [0.2, 0.25) is 0 Å². The van der Waals surface area contributed by atoms with Crippen LogP contribution in [0.1, 0.15) is 28.4 Å². The largest absolute Gasteiger partial charge is 0.506 e. The molecule has 1 aliphatic heterocycles. The number of benzene rings is 3. The minimum atomic E-state index is -1.03. The van der Waals surface area contributed by atoms with Gasteiger partial charge < -0.3 is 10.2 Å². The highest BCUT2D eigenvalue weighted by atomic mass is 16.4. The molecular formula is C25H22N4O4. The number of phenols is 1. The summed E-state index contributed by atoms with van der Waals surface area (Å²) in [5.41, 5.74) is 4.94. The van der Waals surface area contributed by atoms with Gasteiger partial charge in [-0.25, -0.2) is 4.79 Å². The van der Waals surface area contributed by atoms with Gasteiger partial charge in [0.25, 0.3) is 5.91 Å². The lowest BCUT2D eigenvalue weighted by atomic mass is 10.0. The summed E-state index contributed by atoms with van der Waals surface area (Å²) < 4.78 is 0. The van der Waals surface area contributed by atoms with Crippen LogP contribution in [-0.4, -0.2) is 33.8 Å². The Morgan fingerprint density at radius 1 is 0.970 bits per heavy atom. The molecule has 1 heterocycles. The van der Waals surface area contributed by atoms with Crippen LogP contribution in [-0.2, 0) is 4.79 Å². The van der Waals surface area contributed by atoms with Crippen molar-refractivity contribution in [1.82, 2.24) is 0 Å². The van der Waals surface area contributed by atoms with Crippen molar-refractivity contribution < 1.29 is 19.8 Å². The predicted molar refractivity (Wildman–Crippen MR) is 125 cm³/mol. The van der Waals surface area contributed by atoms with E-state index in [4.69, 9.17) is 0 Å². The number of nitrogens with zero attached hydrogens (tertiary/aromatic N) is 4. The fourth-order valence-electron chi connectivity index (χ4n) is 3.47. The first-order valence-corrected chi connectivity index (χ1v) is 10.3. The first-order chi connectivity index (χ1) is 15.7. The maximum atomic E-state index is 12.9. The van der Waals surface area contributed by atoms with Gasteiger partial charge >= 0.3 is 5.97 Å². The molecule has 0 saturated heterocycles. The van der Waals surface area contributed by atoms with Gasteiger partial charge in [0.15, 0.2) is 6.04 Å². The van der Waals surface area contributed by atoms with E-state index in [1.807, 2.05) is 32.0 Å². The molecule has 0 bridgehead atoms. The highest BCUT2D eigenvalue weighted by Gasteiger charge is 2.34. The summed E-state index contributed by atoms with van der Waals surface area (Å²) in [5.74, 6) is -1.47. The number of hydrogen-bond donors (Lipinski definition) is 2. The summed E-state index contributed by atoms with van der Waals surface area (Å²) in [7, 11) is 0. The Labute approximate surface area is 190 Å². The molecule has 0 spiro atoms. The molecule has 0 fully saturated rings. The van der Waals surface area contributed by atoms with Crippen molar-refractivity contribution in [3.05, 3.63) is 77.4 Å². The zero-order valence-electron chi connectivity index (χ0n) is 18.4. The van der Waals surface area contributed by atoms with Crippen LogP contribution >= 0.6 is 0 Å². The summed E-state index contributed by atoms with van der Waals surface area (Å²) >= 11 is 0. The molecule has 2 N–H and O–H groups in total. The normalized spacial score (nSPS) is 15.8. The van der Waals surface area contributed by atoms with Crippen molar-refractivity contribution in [3.63, 3.8) is 0 Å². The van der Waals surface area contributed by atoms with Gasteiger partial charge in [-0.15, -0.1) is 0 Å². The zero-order chi connectivity index (χ0) is 23.7. The van der Waals surface area contributed by atoms with E-state index >= 15 is 0 Å². The lowest BCUT2D eigenvalue weighted by molar-refractivity contribution is -0.117. The summed E-state index contributed by atoms with van der Waals surface area (Å²) in [6.07, 6.45) is 0. The number of aromatic carboxylic acids is 1. The Bertz CT molecular complexity index is 1330. The summed E-state index contributed by atoms with van der Waals surface area (Å²) in [4.78, 5) is 24.2. The number of aryl methyl sites for hydroxylation is 2. The van der Waals surface area contributed by atoms with E-state index in [0.717, 1.165) is 11.1 Å². The van der Waals surface area contributed by atoms with Gasteiger partial charge in [-0.1, -0.05) is 24.3 Å². The average Bonchev–Trinajstić information content (AvgIpc) is 3.08. The van der Waals surface area contributed by atoms with Crippen molar-refractivity contribution in [2.45, 2.75) is 26.8 Å². The molecule has 0 radical (unpaired) electrons. The minimum Gasteiger partial charge on any atom is -0.506 e. The number of azo groups is 1. The van der Waals surface area contributed by atoms with Crippen LogP contribution in [0.3, 0.4) is 0 Å². The van der Waals surface area contributed by atoms with Crippen LogP contribution in [0.4, 0.5) is 11.4 Å². The van der Waals surface area contributed by atoms with Gasteiger partial charge in [0.2, 0.25) is 0 Å². The Hall–Kier alpha value is -4.33. The highest BCUT2D eigenvalue weighted by Crippen LogP contribution is 2.33. The maximum Gasteiger partial charge on any atom is 0.335 e. The van der Waals surface area contributed by atoms with Crippen LogP contribution in [0.5, 0.6) is 5.75 Å². The number of phenolic OH excluding ortho intramolecular Hbond substituents is 1. The van der Waals surface area contributed by atoms with Gasteiger partial charge in [-0.05, 0) is 79.4 Å². The Morgan fingerprint density at radius 3 is 2.45 bits per heavy atom. The van der Waals surface area contributed by atoms with Crippen molar-refractivity contribution in [2.24, 2.45) is 15.3 Å². The van der Waals surface area contributed by atoms with Crippen LogP contribution in [0.25, 0.3) is 11.1 Å². The lowest BCUT2D eigenvalue weighted by Gasteiger charge is -2.14. The van der Waals surface area contributed by atoms with Gasteiger partial charge in [-0.2, -0.15) is 20.3 Å². The number of carbonyl (C=O) groups is 2.